The lowest BCUT2D eigenvalue weighted by molar-refractivity contribution is -0.160. The van der Waals surface area contributed by atoms with Gasteiger partial charge in [-0.15, -0.1) is 13.2 Å². The molecule has 4 rings (SSSR count). The van der Waals surface area contributed by atoms with Crippen LogP contribution in [0.1, 0.15) is 91.2 Å². The first kappa shape index (κ1) is 43.0. The summed E-state index contributed by atoms with van der Waals surface area (Å²) in [6.45, 7) is 19.0. The number of hydrogen-bond donors (Lipinski definition) is 1. The summed E-state index contributed by atoms with van der Waals surface area (Å²) in [6.07, 6.45) is 7.91. The van der Waals surface area contributed by atoms with Gasteiger partial charge in [0.25, 0.3) is 0 Å². The van der Waals surface area contributed by atoms with Gasteiger partial charge in [-0.2, -0.15) is 0 Å². The summed E-state index contributed by atoms with van der Waals surface area (Å²) >= 11 is 4.97. The molecular weight excluding hydrogens is 672 g/mol. The van der Waals surface area contributed by atoms with E-state index in [1.807, 2.05) is 108 Å². The van der Waals surface area contributed by atoms with Crippen molar-refractivity contribution in [1.82, 2.24) is 10.2 Å². The topological polar surface area (TPSA) is 120 Å². The Morgan fingerprint density at radius 3 is 1.75 bits per heavy atom. The van der Waals surface area contributed by atoms with Gasteiger partial charge >= 0.3 is 23.5 Å². The van der Waals surface area contributed by atoms with E-state index in [1.165, 1.54) is 4.90 Å². The summed E-state index contributed by atoms with van der Waals surface area (Å²) in [5.74, 6) is -0.509. The summed E-state index contributed by atoms with van der Waals surface area (Å²) in [5.41, 5.74) is 0.0853. The van der Waals surface area contributed by atoms with Crippen molar-refractivity contribution in [3.63, 3.8) is 0 Å². The van der Waals surface area contributed by atoms with Crippen LogP contribution < -0.4 is 5.32 Å². The van der Waals surface area contributed by atoms with Crippen LogP contribution in [0.5, 0.6) is 0 Å². The van der Waals surface area contributed by atoms with Crippen molar-refractivity contribution in [3.8, 4) is 0 Å². The van der Waals surface area contributed by atoms with Crippen LogP contribution in [0, 0.1) is 0 Å². The van der Waals surface area contributed by atoms with E-state index in [0.717, 1.165) is 36.8 Å². The van der Waals surface area contributed by atoms with Gasteiger partial charge in [0.2, 0.25) is 0 Å². The molecule has 0 bridgehead atoms. The zero-order valence-electron chi connectivity index (χ0n) is 30.9. The van der Waals surface area contributed by atoms with Crippen molar-refractivity contribution in [2.24, 2.45) is 0 Å². The average Bonchev–Trinajstić information content (AvgIpc) is 3.71. The molecule has 0 aromatic heterocycles. The standard InChI is InChI=1S/C20H27NO4.C12H21NO2.C8H7ClO2/c1-5-9-16-12-13-17(18(22)25-20(2,3)4)21(16)19(23)24-14-15-10-7-6-8-11-15;1-5-6-9-7-8-10(13-9)11(14)15-12(2,3)4;9-8(10)11-6-7-4-2-1-3-5-7/h5-8,10-11,16-17H,1,9,12-14H2,2-4H3;5,9-10,13H,1,6-8H2,2-4H3;1-5H,6H2/t16-,17-;9-,10-;/m00./s1. The first-order chi connectivity index (χ1) is 24.0. The number of esters is 2. The van der Waals surface area contributed by atoms with E-state index in [0.29, 0.717) is 18.9 Å². The Morgan fingerprint density at radius 1 is 0.745 bits per heavy atom. The number of carbonyl (C=O) groups excluding carboxylic acids is 4. The highest BCUT2D eigenvalue weighted by Crippen LogP contribution is 2.30. The van der Waals surface area contributed by atoms with Gasteiger partial charge in [0, 0.05) is 23.7 Å². The van der Waals surface area contributed by atoms with E-state index in [-0.39, 0.29) is 37.2 Å². The minimum absolute atomic E-state index is 0.0849. The van der Waals surface area contributed by atoms with Gasteiger partial charge in [0.05, 0.1) is 0 Å². The summed E-state index contributed by atoms with van der Waals surface area (Å²) in [5, 5.41) is 3.27. The van der Waals surface area contributed by atoms with Gasteiger partial charge in [-0.1, -0.05) is 72.8 Å². The molecule has 2 fully saturated rings. The van der Waals surface area contributed by atoms with Gasteiger partial charge in [-0.3, -0.25) is 9.69 Å². The molecule has 2 aromatic carbocycles. The van der Waals surface area contributed by atoms with Crippen LogP contribution >= 0.6 is 11.6 Å². The van der Waals surface area contributed by atoms with Crippen LogP contribution in [0.25, 0.3) is 0 Å². The van der Waals surface area contributed by atoms with Crippen LogP contribution in [-0.4, -0.2) is 63.7 Å². The Bertz CT molecular complexity index is 1410. The van der Waals surface area contributed by atoms with Crippen LogP contribution in [-0.2, 0) is 41.8 Å². The second-order valence-electron chi connectivity index (χ2n) is 14.3. The fourth-order valence-corrected chi connectivity index (χ4v) is 5.51. The number of likely N-dealkylation sites (tertiary alicyclic amines) is 1. The molecule has 11 heteroatoms. The van der Waals surface area contributed by atoms with E-state index >= 15 is 0 Å². The second kappa shape index (κ2) is 21.3. The Labute approximate surface area is 308 Å². The van der Waals surface area contributed by atoms with Gasteiger partial charge in [-0.25, -0.2) is 14.4 Å². The Morgan fingerprint density at radius 2 is 1.25 bits per heavy atom. The highest BCUT2D eigenvalue weighted by molar-refractivity contribution is 6.61. The summed E-state index contributed by atoms with van der Waals surface area (Å²) < 4.78 is 20.8. The molecule has 2 aromatic rings. The normalized spacial score (nSPS) is 19.6. The molecule has 280 valence electrons. The smallest absolute Gasteiger partial charge is 0.411 e. The summed E-state index contributed by atoms with van der Waals surface area (Å²) in [4.78, 5) is 48.5. The van der Waals surface area contributed by atoms with E-state index < -0.39 is 28.8 Å². The third-order valence-electron chi connectivity index (χ3n) is 7.61. The molecule has 0 spiro atoms. The quantitative estimate of drug-likeness (QED) is 0.111. The lowest BCUT2D eigenvalue weighted by Crippen LogP contribution is -2.47. The number of nitrogens with one attached hydrogen (secondary N) is 1. The molecule has 2 saturated heterocycles. The van der Waals surface area contributed by atoms with Crippen LogP contribution in [0.4, 0.5) is 9.59 Å². The SMILES string of the molecule is C=CC[C@H]1CC[C@@H](C(=O)OC(C)(C)C)N1.C=CC[C@H]1CC[C@@H](C(=O)OC(C)(C)C)N1C(=O)OCc1ccccc1.O=C(Cl)OCc1ccccc1. The molecule has 2 aliphatic heterocycles. The van der Waals surface area contributed by atoms with Crippen LogP contribution in [0.3, 0.4) is 0 Å². The number of halogens is 1. The molecule has 4 atom stereocenters. The monoisotopic (exact) mass is 726 g/mol. The fourth-order valence-electron chi connectivity index (χ4n) is 5.46. The molecule has 0 saturated carbocycles. The maximum atomic E-state index is 12.6. The van der Waals surface area contributed by atoms with Crippen molar-refractivity contribution in [1.29, 1.82) is 0 Å². The predicted octanol–water partition coefficient (Wildman–Crippen LogP) is 8.66. The van der Waals surface area contributed by atoms with Crippen molar-refractivity contribution < 1.29 is 38.1 Å². The highest BCUT2D eigenvalue weighted by Gasteiger charge is 2.43. The lowest BCUT2D eigenvalue weighted by Gasteiger charge is -2.30. The van der Waals surface area contributed by atoms with Gasteiger partial charge < -0.3 is 24.3 Å². The van der Waals surface area contributed by atoms with Gasteiger partial charge in [-0.05, 0) is 91.2 Å². The number of benzene rings is 2. The van der Waals surface area contributed by atoms with Crippen LogP contribution in [0.2, 0.25) is 0 Å². The van der Waals surface area contributed by atoms with Crippen molar-refractivity contribution in [3.05, 3.63) is 97.1 Å². The number of amides is 1. The second-order valence-corrected chi connectivity index (χ2v) is 14.6. The van der Waals surface area contributed by atoms with Crippen molar-refractivity contribution >= 4 is 35.1 Å². The van der Waals surface area contributed by atoms with Gasteiger partial charge in [0.15, 0.2) is 0 Å². The molecule has 2 aliphatic rings. The molecule has 0 aliphatic carbocycles. The summed E-state index contributed by atoms with van der Waals surface area (Å²) in [6, 6.07) is 18.4. The Balaban J connectivity index is 0.000000293. The maximum Gasteiger partial charge on any atom is 0.411 e. The minimum atomic E-state index is -0.770. The van der Waals surface area contributed by atoms with E-state index in [2.05, 4.69) is 23.2 Å². The van der Waals surface area contributed by atoms with Gasteiger partial charge in [0.1, 0.15) is 36.5 Å². The first-order valence-electron chi connectivity index (χ1n) is 17.3. The fraction of sp³-hybridized carbons (Fsp3) is 0.500. The summed E-state index contributed by atoms with van der Waals surface area (Å²) in [7, 11) is 0. The molecule has 1 N–H and O–H groups in total. The molecule has 10 nitrogen and oxygen atoms in total. The third kappa shape index (κ3) is 17.1. The van der Waals surface area contributed by atoms with Crippen molar-refractivity contribution in [2.45, 2.75) is 129 Å². The zero-order chi connectivity index (χ0) is 38.0. The number of ether oxygens (including phenoxy) is 4. The lowest BCUT2D eigenvalue weighted by atomic mass is 10.1. The molecule has 0 unspecified atom stereocenters. The Hall–Kier alpha value is -4.15. The number of rotatable bonds is 10. The third-order valence-corrected chi connectivity index (χ3v) is 7.72. The maximum absolute atomic E-state index is 12.6. The van der Waals surface area contributed by atoms with Crippen molar-refractivity contribution in [2.75, 3.05) is 0 Å². The molecule has 51 heavy (non-hydrogen) atoms. The Kier molecular flexibility index (Phi) is 17.9. The van der Waals surface area contributed by atoms with E-state index in [4.69, 9.17) is 25.8 Å². The number of nitrogens with zero attached hydrogens (tertiary/aromatic N) is 1. The average molecular weight is 727 g/mol. The van der Waals surface area contributed by atoms with E-state index in [9.17, 15) is 19.2 Å². The first-order valence-corrected chi connectivity index (χ1v) is 17.7. The number of carbonyl (C=O) groups is 4. The molecule has 1 amide bonds. The molecule has 0 radical (unpaired) electrons. The minimum Gasteiger partial charge on any atom is -0.459 e. The number of hydrogen-bond acceptors (Lipinski definition) is 9. The zero-order valence-corrected chi connectivity index (χ0v) is 31.7. The predicted molar refractivity (Wildman–Crippen MR) is 199 cm³/mol. The molecular formula is C40H55ClN2O8. The van der Waals surface area contributed by atoms with Crippen LogP contribution in [0.15, 0.2) is 86.0 Å². The van der Waals surface area contributed by atoms with E-state index in [1.54, 1.807) is 6.08 Å². The largest absolute Gasteiger partial charge is 0.459 e. The molecule has 2 heterocycles. The highest BCUT2D eigenvalue weighted by atomic mass is 35.5.